The van der Waals surface area contributed by atoms with Crippen LogP contribution in [-0.2, 0) is 9.59 Å². The normalized spacial score (nSPS) is 16.8. The molecule has 1 aliphatic rings. The highest BCUT2D eigenvalue weighted by atomic mass is 32.2. The number of anilines is 1. The van der Waals surface area contributed by atoms with Crippen LogP contribution in [0.1, 0.15) is 22.3 Å². The van der Waals surface area contributed by atoms with Crippen LogP contribution in [0.3, 0.4) is 0 Å². The molecule has 0 saturated carbocycles. The number of non-ortho nitro benzene ring substituents is 1. The average molecular weight is 441 g/mol. The maximum Gasteiger partial charge on any atom is 0.335 e. The highest BCUT2D eigenvalue weighted by Crippen LogP contribution is 2.30. The minimum atomic E-state index is -1.18. The lowest BCUT2D eigenvalue weighted by Gasteiger charge is -2.15. The van der Waals surface area contributed by atoms with Gasteiger partial charge in [0.15, 0.2) is 5.17 Å². The van der Waals surface area contributed by atoms with Crippen LogP contribution in [0.25, 0.3) is 0 Å². The van der Waals surface area contributed by atoms with Gasteiger partial charge in [-0.15, -0.1) is 5.10 Å². The van der Waals surface area contributed by atoms with Gasteiger partial charge in [0.2, 0.25) is 11.8 Å². The monoisotopic (exact) mass is 441 g/mol. The predicted molar refractivity (Wildman–Crippen MR) is 114 cm³/mol. The van der Waals surface area contributed by atoms with Gasteiger partial charge < -0.3 is 10.8 Å². The van der Waals surface area contributed by atoms with E-state index in [2.05, 4.69) is 10.2 Å². The number of amidine groups is 1. The Morgan fingerprint density at radius 3 is 2.71 bits per heavy atom. The Bertz CT molecular complexity index is 1130. The molecular weight excluding hydrogens is 426 g/mol. The molecule has 0 radical (unpaired) electrons. The second kappa shape index (κ2) is 9.17. The Kier molecular flexibility index (Phi) is 6.40. The number of benzene rings is 2. The number of carbonyl (C=O) groups is 3. The summed E-state index contributed by atoms with van der Waals surface area (Å²) in [6, 6.07) is 11.2. The van der Waals surface area contributed by atoms with Crippen LogP contribution in [-0.4, -0.2) is 44.4 Å². The summed E-state index contributed by atoms with van der Waals surface area (Å²) < 4.78 is 0. The number of carboxylic acid groups (broad SMARTS) is 1. The summed E-state index contributed by atoms with van der Waals surface area (Å²) in [5.74, 6) is -2.21. The zero-order valence-corrected chi connectivity index (χ0v) is 16.6. The van der Waals surface area contributed by atoms with Gasteiger partial charge in [0, 0.05) is 24.1 Å². The fourth-order valence-corrected chi connectivity index (χ4v) is 3.60. The highest BCUT2D eigenvalue weighted by Gasteiger charge is 2.40. The third-order valence-electron chi connectivity index (χ3n) is 4.16. The summed E-state index contributed by atoms with van der Waals surface area (Å²) in [6.45, 7) is 0. The van der Waals surface area contributed by atoms with E-state index in [1.54, 1.807) is 6.07 Å². The summed E-state index contributed by atoms with van der Waals surface area (Å²) >= 11 is 0.849. The van der Waals surface area contributed by atoms with E-state index < -0.39 is 28.0 Å². The molecule has 0 aliphatic carbocycles. The number of nitrogens with two attached hydrogens (primary N) is 1. The fourth-order valence-electron chi connectivity index (χ4n) is 2.79. The van der Waals surface area contributed by atoms with Gasteiger partial charge in [-0.25, -0.2) is 9.69 Å². The van der Waals surface area contributed by atoms with Crippen molar-refractivity contribution in [3.8, 4) is 0 Å². The summed E-state index contributed by atoms with van der Waals surface area (Å²) in [5, 5.41) is 26.5. The Morgan fingerprint density at radius 1 is 1.26 bits per heavy atom. The molecule has 1 aliphatic heterocycles. The van der Waals surface area contributed by atoms with Crippen LogP contribution in [0, 0.1) is 10.1 Å². The van der Waals surface area contributed by atoms with Crippen LogP contribution in [0.2, 0.25) is 0 Å². The molecule has 0 aromatic heterocycles. The van der Waals surface area contributed by atoms with Crippen molar-refractivity contribution in [1.82, 2.24) is 0 Å². The number of carboxylic acids is 1. The van der Waals surface area contributed by atoms with Crippen molar-refractivity contribution in [3.63, 3.8) is 0 Å². The topological polar surface area (TPSA) is 169 Å². The summed E-state index contributed by atoms with van der Waals surface area (Å²) in [7, 11) is 0. The quantitative estimate of drug-likeness (QED) is 0.225. The van der Waals surface area contributed by atoms with Gasteiger partial charge in [-0.1, -0.05) is 30.0 Å². The molecule has 2 amide bonds. The van der Waals surface area contributed by atoms with Crippen LogP contribution in [0.15, 0.2) is 58.7 Å². The van der Waals surface area contributed by atoms with Crippen molar-refractivity contribution in [1.29, 1.82) is 0 Å². The second-order valence-electron chi connectivity index (χ2n) is 6.27. The minimum absolute atomic E-state index is 0.0502. The summed E-state index contributed by atoms with van der Waals surface area (Å²) in [5.41, 5.74) is 6.23. The minimum Gasteiger partial charge on any atom is -0.478 e. The van der Waals surface area contributed by atoms with Crippen molar-refractivity contribution in [3.05, 3.63) is 69.8 Å². The first-order valence-electron chi connectivity index (χ1n) is 8.74. The number of rotatable bonds is 6. The van der Waals surface area contributed by atoms with E-state index in [4.69, 9.17) is 10.8 Å². The average Bonchev–Trinajstić information content (AvgIpc) is 3.01. The number of nitro benzene ring substituents is 1. The number of aromatic carboxylic acids is 1. The molecule has 1 atom stereocenters. The first-order chi connectivity index (χ1) is 14.8. The Hall–Kier alpha value is -4.06. The molecule has 12 heteroatoms. The maximum absolute atomic E-state index is 12.7. The number of imide groups is 1. The van der Waals surface area contributed by atoms with Gasteiger partial charge in [-0.2, -0.15) is 5.10 Å². The first-order valence-corrected chi connectivity index (χ1v) is 9.62. The summed E-state index contributed by atoms with van der Waals surface area (Å²) in [4.78, 5) is 47.3. The molecule has 0 bridgehead atoms. The fraction of sp³-hybridized carbons (Fsp3) is 0.105. The Labute approximate surface area is 179 Å². The van der Waals surface area contributed by atoms with Crippen molar-refractivity contribution >= 4 is 52.3 Å². The lowest BCUT2D eigenvalue weighted by atomic mass is 10.2. The molecule has 1 saturated heterocycles. The van der Waals surface area contributed by atoms with Crippen molar-refractivity contribution < 1.29 is 24.4 Å². The van der Waals surface area contributed by atoms with E-state index >= 15 is 0 Å². The zero-order valence-electron chi connectivity index (χ0n) is 15.7. The van der Waals surface area contributed by atoms with Crippen LogP contribution < -0.4 is 10.6 Å². The molecule has 11 nitrogen and oxygen atoms in total. The van der Waals surface area contributed by atoms with Gasteiger partial charge in [0.25, 0.3) is 5.69 Å². The third kappa shape index (κ3) is 5.11. The Balaban J connectivity index is 1.69. The van der Waals surface area contributed by atoms with Crippen LogP contribution in [0.4, 0.5) is 11.4 Å². The number of carbonyl (C=O) groups excluding carboxylic acids is 2. The van der Waals surface area contributed by atoms with Crippen LogP contribution >= 0.6 is 11.8 Å². The lowest BCUT2D eigenvalue weighted by molar-refractivity contribution is -0.384. The van der Waals surface area contributed by atoms with Crippen molar-refractivity contribution in [2.75, 3.05) is 4.90 Å². The first kappa shape index (κ1) is 21.6. The molecule has 2 aromatic rings. The molecule has 2 aromatic carbocycles. The lowest BCUT2D eigenvalue weighted by Crippen LogP contribution is -2.32. The highest BCUT2D eigenvalue weighted by molar-refractivity contribution is 8.14. The van der Waals surface area contributed by atoms with Crippen molar-refractivity contribution in [2.24, 2.45) is 15.9 Å². The standard InChI is InChI=1S/C19H15N5O6S/c20-19(22-21-10-11-3-1-6-14(7-11)24(29)30)31-15-9-16(25)23(17(15)26)13-5-2-4-12(8-13)18(27)28/h1-8,10,15H,9H2,(H2,20,22)(H,27,28)/t15-/m0/s1. The van der Waals surface area contributed by atoms with E-state index in [9.17, 15) is 24.5 Å². The van der Waals surface area contributed by atoms with Crippen LogP contribution in [0.5, 0.6) is 0 Å². The molecule has 1 fully saturated rings. The molecule has 0 unspecified atom stereocenters. The number of amides is 2. The molecule has 3 rings (SSSR count). The zero-order chi connectivity index (χ0) is 22.5. The molecule has 158 valence electrons. The number of hydrogen-bond acceptors (Lipinski definition) is 8. The SMILES string of the molecule is NC(=NN=Cc1cccc([N+](=O)[O-])c1)S[C@H]1CC(=O)N(c2cccc(C(=O)O)c2)C1=O. The van der Waals surface area contributed by atoms with Gasteiger partial charge in [0.05, 0.1) is 22.4 Å². The van der Waals surface area contributed by atoms with Gasteiger partial charge >= 0.3 is 5.97 Å². The van der Waals surface area contributed by atoms with Gasteiger partial charge in [-0.3, -0.25) is 19.7 Å². The number of thioether (sulfide) groups is 1. The number of nitrogens with zero attached hydrogens (tertiary/aromatic N) is 4. The van der Waals surface area contributed by atoms with Gasteiger partial charge in [0.1, 0.15) is 5.25 Å². The predicted octanol–water partition coefficient (Wildman–Crippen LogP) is 2.01. The third-order valence-corrected chi connectivity index (χ3v) is 5.14. The van der Waals surface area contributed by atoms with E-state index in [0.29, 0.717) is 5.56 Å². The molecule has 3 N–H and O–H groups in total. The molecular formula is C19H15N5O6S. The summed E-state index contributed by atoms with van der Waals surface area (Å²) in [6.07, 6.45) is 1.14. The number of nitro groups is 1. The van der Waals surface area contributed by atoms with E-state index in [-0.39, 0.29) is 28.5 Å². The molecule has 1 heterocycles. The van der Waals surface area contributed by atoms with Gasteiger partial charge in [-0.05, 0) is 18.2 Å². The molecule has 31 heavy (non-hydrogen) atoms. The van der Waals surface area contributed by atoms with E-state index in [1.165, 1.54) is 48.7 Å². The number of hydrogen-bond donors (Lipinski definition) is 2. The smallest absolute Gasteiger partial charge is 0.335 e. The Morgan fingerprint density at radius 2 is 2.00 bits per heavy atom. The van der Waals surface area contributed by atoms with E-state index in [1.807, 2.05) is 0 Å². The molecule has 0 spiro atoms. The largest absolute Gasteiger partial charge is 0.478 e. The van der Waals surface area contributed by atoms with E-state index in [0.717, 1.165) is 16.7 Å². The second-order valence-corrected chi connectivity index (χ2v) is 7.49. The maximum atomic E-state index is 12.7. The van der Waals surface area contributed by atoms with Crippen molar-refractivity contribution in [2.45, 2.75) is 11.7 Å².